The molecule has 0 saturated heterocycles. The van der Waals surface area contributed by atoms with Crippen molar-refractivity contribution in [3.63, 3.8) is 0 Å². The maximum absolute atomic E-state index is 12.5. The molecule has 0 spiro atoms. The molecule has 44 heavy (non-hydrogen) atoms. The molecule has 0 aliphatic heterocycles. The number of imidazole rings is 1. The van der Waals surface area contributed by atoms with E-state index in [1.165, 1.54) is 16.3 Å². The van der Waals surface area contributed by atoms with E-state index < -0.39 is 17.9 Å². The number of benzene rings is 3. The van der Waals surface area contributed by atoms with Crippen LogP contribution in [0.5, 0.6) is 0 Å². The number of pyridine rings is 1. The van der Waals surface area contributed by atoms with Gasteiger partial charge in [-0.1, -0.05) is 60.7 Å². The number of nitrogens with zero attached hydrogens (tertiary/aromatic N) is 2. The molecule has 5 rings (SSSR count). The summed E-state index contributed by atoms with van der Waals surface area (Å²) in [5.41, 5.74) is 10.1. The van der Waals surface area contributed by atoms with Gasteiger partial charge in [-0.3, -0.25) is 9.78 Å². The van der Waals surface area contributed by atoms with Crippen molar-refractivity contribution < 1.29 is 14.7 Å². The highest BCUT2D eigenvalue weighted by Crippen LogP contribution is 2.17. The maximum Gasteiger partial charge on any atom is 0.326 e. The molecular weight excluding hydrogens is 554 g/mol. The van der Waals surface area contributed by atoms with Gasteiger partial charge >= 0.3 is 5.97 Å². The third-order valence-electron chi connectivity index (χ3n) is 6.99. The van der Waals surface area contributed by atoms with E-state index in [-0.39, 0.29) is 0 Å². The number of nitrogens with one attached hydrogen (secondary N) is 4. The summed E-state index contributed by atoms with van der Waals surface area (Å²) >= 11 is 0. The number of carboxylic acid groups (broad SMARTS) is 1. The van der Waals surface area contributed by atoms with Gasteiger partial charge in [0, 0.05) is 44.1 Å². The number of carboxylic acids is 1. The first kappa shape index (κ1) is 32.0. The summed E-state index contributed by atoms with van der Waals surface area (Å²) in [4.78, 5) is 35.3. The molecule has 0 saturated carbocycles. The zero-order valence-electron chi connectivity index (χ0n) is 24.6. The third-order valence-corrected chi connectivity index (χ3v) is 6.99. The smallest absolute Gasteiger partial charge is 0.326 e. The molecule has 5 aromatic rings. The molecule has 0 unspecified atom stereocenters. The molecule has 3 aromatic carbocycles. The second kappa shape index (κ2) is 17.3. The Morgan fingerprint density at radius 1 is 0.841 bits per heavy atom. The Kier molecular flexibility index (Phi) is 12.6. The first-order chi connectivity index (χ1) is 21.5. The zero-order chi connectivity index (χ0) is 31.0. The molecule has 10 nitrogen and oxygen atoms in total. The number of hydrogen-bond donors (Lipinski definition) is 6. The summed E-state index contributed by atoms with van der Waals surface area (Å²) in [6.45, 7) is 3.14. The Balaban J connectivity index is 0.000000305. The second-order valence-electron chi connectivity index (χ2n) is 10.2. The fourth-order valence-corrected chi connectivity index (χ4v) is 4.62. The Morgan fingerprint density at radius 3 is 2.34 bits per heavy atom. The van der Waals surface area contributed by atoms with Gasteiger partial charge in [-0.25, -0.2) is 9.78 Å². The van der Waals surface area contributed by atoms with Crippen molar-refractivity contribution in [3.8, 4) is 0 Å². The minimum atomic E-state index is -1.04. The molecule has 2 heterocycles. The van der Waals surface area contributed by atoms with Gasteiger partial charge < -0.3 is 31.8 Å². The monoisotopic (exact) mass is 593 g/mol. The first-order valence-electron chi connectivity index (χ1n) is 14.6. The molecular formula is C34H39N7O3. The predicted octanol–water partition coefficient (Wildman–Crippen LogP) is 4.15. The molecule has 0 aliphatic carbocycles. The van der Waals surface area contributed by atoms with Gasteiger partial charge in [-0.2, -0.15) is 0 Å². The number of H-pyrrole nitrogens is 1. The standard InChI is InChI=1S/C23H28N6O3.C11H11N/c30-22(29-21(23(31)32)5-3-10-24-14-20-15-26-16-28-20)18-8-6-17(7-9-18)12-25-13-19-4-1-2-11-27-19;12-8-10-6-3-5-9-4-1-2-7-11(9)10/h1-2,4,6-9,11,15-16,21,24-25H,3,5,10,12-14H2,(H,26,28)(H,29,30)(H,31,32);1-7H,8,12H2/t21-;/m0./s1. The molecule has 2 aromatic heterocycles. The Bertz CT molecular complexity index is 1570. The van der Waals surface area contributed by atoms with Crippen molar-refractivity contribution in [2.45, 2.75) is 45.1 Å². The van der Waals surface area contributed by atoms with Crippen LogP contribution in [0.15, 0.2) is 104 Å². The number of nitrogens with two attached hydrogens (primary N) is 1. The van der Waals surface area contributed by atoms with E-state index in [0.717, 1.165) is 17.0 Å². The van der Waals surface area contributed by atoms with Gasteiger partial charge in [0.05, 0.1) is 17.7 Å². The van der Waals surface area contributed by atoms with Crippen molar-refractivity contribution in [2.24, 2.45) is 5.73 Å². The fourth-order valence-electron chi connectivity index (χ4n) is 4.62. The molecule has 0 radical (unpaired) electrons. The van der Waals surface area contributed by atoms with Gasteiger partial charge in [-0.05, 0) is 65.6 Å². The largest absolute Gasteiger partial charge is 0.480 e. The highest BCUT2D eigenvalue weighted by Gasteiger charge is 2.20. The molecule has 7 N–H and O–H groups in total. The van der Waals surface area contributed by atoms with E-state index in [4.69, 9.17) is 5.73 Å². The number of amides is 1. The zero-order valence-corrected chi connectivity index (χ0v) is 24.6. The lowest BCUT2D eigenvalue weighted by Gasteiger charge is -2.15. The highest BCUT2D eigenvalue weighted by molar-refractivity contribution is 5.96. The minimum Gasteiger partial charge on any atom is -0.480 e. The number of hydrogen-bond acceptors (Lipinski definition) is 7. The van der Waals surface area contributed by atoms with Crippen LogP contribution in [0.2, 0.25) is 0 Å². The summed E-state index contributed by atoms with van der Waals surface area (Å²) in [5.74, 6) is -1.43. The Hall–Kier alpha value is -4.90. The summed E-state index contributed by atoms with van der Waals surface area (Å²) in [7, 11) is 0. The molecule has 10 heteroatoms. The lowest BCUT2D eigenvalue weighted by molar-refractivity contribution is -0.139. The predicted molar refractivity (Wildman–Crippen MR) is 171 cm³/mol. The maximum atomic E-state index is 12.5. The summed E-state index contributed by atoms with van der Waals surface area (Å²) in [6.07, 6.45) is 6.12. The van der Waals surface area contributed by atoms with Crippen molar-refractivity contribution in [1.82, 2.24) is 30.9 Å². The number of aliphatic carboxylic acids is 1. The number of aromatic amines is 1. The number of carbonyl (C=O) groups excluding carboxylic acids is 1. The fraction of sp³-hybridized carbons (Fsp3) is 0.235. The SMILES string of the molecule is NCc1cccc2ccccc12.O=C(N[C@@H](CCCNCc1c[nH]cn1)C(=O)O)c1ccc(CNCc2ccccn2)cc1. The van der Waals surface area contributed by atoms with Crippen LogP contribution in [0.1, 0.15) is 45.7 Å². The van der Waals surface area contributed by atoms with Gasteiger partial charge in [0.25, 0.3) is 5.91 Å². The van der Waals surface area contributed by atoms with Crippen LogP contribution in [0.4, 0.5) is 0 Å². The average Bonchev–Trinajstić information content (AvgIpc) is 3.58. The average molecular weight is 594 g/mol. The van der Waals surface area contributed by atoms with Gasteiger partial charge in [0.2, 0.25) is 0 Å². The van der Waals surface area contributed by atoms with E-state index >= 15 is 0 Å². The van der Waals surface area contributed by atoms with E-state index in [1.54, 1.807) is 30.9 Å². The quantitative estimate of drug-likeness (QED) is 0.105. The molecule has 0 aliphatic rings. The van der Waals surface area contributed by atoms with Crippen LogP contribution in [-0.4, -0.2) is 44.5 Å². The van der Waals surface area contributed by atoms with E-state index in [2.05, 4.69) is 55.2 Å². The minimum absolute atomic E-state index is 0.337. The molecule has 1 amide bonds. The van der Waals surface area contributed by atoms with Crippen molar-refractivity contribution in [1.29, 1.82) is 0 Å². The number of aromatic nitrogens is 3. The van der Waals surface area contributed by atoms with E-state index in [9.17, 15) is 14.7 Å². The highest BCUT2D eigenvalue weighted by atomic mass is 16.4. The third kappa shape index (κ3) is 10.1. The molecule has 0 bridgehead atoms. The van der Waals surface area contributed by atoms with Gasteiger partial charge in [0.1, 0.15) is 6.04 Å². The van der Waals surface area contributed by atoms with Crippen LogP contribution in [0.3, 0.4) is 0 Å². The topological polar surface area (TPSA) is 158 Å². The summed E-state index contributed by atoms with van der Waals surface area (Å²) < 4.78 is 0. The Morgan fingerprint density at radius 2 is 1.61 bits per heavy atom. The van der Waals surface area contributed by atoms with Crippen molar-refractivity contribution in [3.05, 3.63) is 132 Å². The number of rotatable bonds is 14. The molecule has 0 fully saturated rings. The van der Waals surface area contributed by atoms with Crippen LogP contribution in [0.25, 0.3) is 10.8 Å². The van der Waals surface area contributed by atoms with Gasteiger partial charge in [-0.15, -0.1) is 0 Å². The van der Waals surface area contributed by atoms with Crippen molar-refractivity contribution >= 4 is 22.6 Å². The van der Waals surface area contributed by atoms with E-state index in [0.29, 0.717) is 51.1 Å². The lowest BCUT2D eigenvalue weighted by atomic mass is 10.1. The lowest BCUT2D eigenvalue weighted by Crippen LogP contribution is -2.41. The van der Waals surface area contributed by atoms with Gasteiger partial charge in [0.15, 0.2) is 0 Å². The van der Waals surface area contributed by atoms with Crippen LogP contribution < -0.4 is 21.7 Å². The van der Waals surface area contributed by atoms with E-state index in [1.807, 2.05) is 48.5 Å². The molecule has 228 valence electrons. The van der Waals surface area contributed by atoms with Crippen LogP contribution in [0, 0.1) is 0 Å². The van der Waals surface area contributed by atoms with Crippen LogP contribution in [-0.2, 0) is 31.0 Å². The van der Waals surface area contributed by atoms with Crippen molar-refractivity contribution in [2.75, 3.05) is 6.54 Å². The summed E-state index contributed by atoms with van der Waals surface area (Å²) in [6, 6.07) is 26.5. The number of fused-ring (bicyclic) bond motifs is 1. The molecule has 1 atom stereocenters. The van der Waals surface area contributed by atoms with Crippen LogP contribution >= 0.6 is 0 Å². The Labute approximate surface area is 257 Å². The first-order valence-corrected chi connectivity index (χ1v) is 14.6. The normalized spacial score (nSPS) is 11.4. The summed E-state index contributed by atoms with van der Waals surface area (Å²) in [5, 5.41) is 21.1. The number of carbonyl (C=O) groups is 2. The second-order valence-corrected chi connectivity index (χ2v) is 10.2.